The smallest absolute Gasteiger partial charge is 0.116 e. The van der Waals surface area contributed by atoms with Crippen molar-refractivity contribution in [3.63, 3.8) is 0 Å². The number of hydrogen-bond acceptors (Lipinski definition) is 5. The third kappa shape index (κ3) is 4.72. The number of nitrogens with zero attached hydrogens (tertiary/aromatic N) is 3. The summed E-state index contributed by atoms with van der Waals surface area (Å²) < 4.78 is 7.17. The molecular formula is C12H25N5O. The highest BCUT2D eigenvalue weighted by Crippen LogP contribution is 2.30. The van der Waals surface area contributed by atoms with Gasteiger partial charge in [0.05, 0.1) is 12.4 Å². The average Bonchev–Trinajstić information content (AvgIpc) is 2.62. The van der Waals surface area contributed by atoms with Crippen LogP contribution in [0.25, 0.3) is 0 Å². The van der Waals surface area contributed by atoms with Gasteiger partial charge < -0.3 is 16.2 Å². The molecule has 0 aliphatic heterocycles. The zero-order valence-electron chi connectivity index (χ0n) is 11.8. The van der Waals surface area contributed by atoms with Gasteiger partial charge >= 0.3 is 0 Å². The number of hydrogen-bond donors (Lipinski definition) is 2. The summed E-state index contributed by atoms with van der Waals surface area (Å²) in [5.41, 5.74) is 11.7. The lowest BCUT2D eigenvalue weighted by Crippen LogP contribution is -2.45. The lowest BCUT2D eigenvalue weighted by Gasteiger charge is -2.33. The zero-order valence-corrected chi connectivity index (χ0v) is 11.8. The minimum Gasteiger partial charge on any atom is -0.346 e. The molecule has 0 bridgehead atoms. The van der Waals surface area contributed by atoms with Crippen molar-refractivity contribution in [2.24, 2.45) is 16.9 Å². The molecule has 18 heavy (non-hydrogen) atoms. The third-order valence-electron chi connectivity index (χ3n) is 2.81. The monoisotopic (exact) mass is 255 g/mol. The van der Waals surface area contributed by atoms with E-state index in [2.05, 4.69) is 24.2 Å². The van der Waals surface area contributed by atoms with Crippen LogP contribution >= 0.6 is 0 Å². The SMILES string of the molecule is CCn1cc(CC(C)(C)CC(C)(N)OCN)nn1. The molecule has 0 saturated carbocycles. The molecule has 4 N–H and O–H groups in total. The van der Waals surface area contributed by atoms with Gasteiger partial charge in [0, 0.05) is 12.7 Å². The quantitative estimate of drug-likeness (QED) is 0.705. The Hall–Kier alpha value is -0.980. The van der Waals surface area contributed by atoms with Gasteiger partial charge in [-0.3, -0.25) is 4.68 Å². The molecule has 0 aliphatic rings. The van der Waals surface area contributed by atoms with Crippen molar-refractivity contribution >= 4 is 0 Å². The van der Waals surface area contributed by atoms with E-state index in [0.717, 1.165) is 18.7 Å². The second-order valence-electron chi connectivity index (χ2n) is 5.71. The van der Waals surface area contributed by atoms with Crippen LogP contribution < -0.4 is 11.5 Å². The van der Waals surface area contributed by atoms with Gasteiger partial charge in [0.1, 0.15) is 5.72 Å². The summed E-state index contributed by atoms with van der Waals surface area (Å²) in [6.45, 7) is 9.14. The third-order valence-corrected chi connectivity index (χ3v) is 2.81. The fourth-order valence-electron chi connectivity index (χ4n) is 2.32. The standard InChI is InChI=1S/C12H25N5O/c1-5-17-7-10(15-16-17)6-11(2,3)8-12(4,14)18-9-13/h7H,5-6,8-9,13-14H2,1-4H3. The molecule has 1 rings (SSSR count). The molecule has 1 aromatic rings. The minimum absolute atomic E-state index is 0.0206. The Morgan fingerprint density at radius 2 is 2.06 bits per heavy atom. The van der Waals surface area contributed by atoms with Crippen molar-refractivity contribution in [3.05, 3.63) is 11.9 Å². The molecule has 104 valence electrons. The maximum Gasteiger partial charge on any atom is 0.116 e. The summed E-state index contributed by atoms with van der Waals surface area (Å²) in [7, 11) is 0. The first-order chi connectivity index (χ1) is 8.28. The molecule has 0 aromatic carbocycles. The molecule has 0 aliphatic carbocycles. The van der Waals surface area contributed by atoms with Gasteiger partial charge in [-0.1, -0.05) is 19.1 Å². The highest BCUT2D eigenvalue weighted by molar-refractivity contribution is 4.98. The van der Waals surface area contributed by atoms with E-state index in [9.17, 15) is 0 Å². The number of rotatable bonds is 7. The van der Waals surface area contributed by atoms with Crippen LogP contribution in [0.5, 0.6) is 0 Å². The average molecular weight is 255 g/mol. The largest absolute Gasteiger partial charge is 0.346 e. The number of aromatic nitrogens is 3. The van der Waals surface area contributed by atoms with Crippen molar-refractivity contribution in [2.75, 3.05) is 6.73 Å². The lowest BCUT2D eigenvalue weighted by molar-refractivity contribution is -0.0523. The zero-order chi connectivity index (χ0) is 13.8. The molecule has 0 radical (unpaired) electrons. The Bertz CT molecular complexity index is 372. The van der Waals surface area contributed by atoms with E-state index in [4.69, 9.17) is 16.2 Å². The predicted molar refractivity (Wildman–Crippen MR) is 70.5 cm³/mol. The van der Waals surface area contributed by atoms with Gasteiger partial charge in [0.2, 0.25) is 0 Å². The van der Waals surface area contributed by atoms with Gasteiger partial charge in [-0.15, -0.1) is 5.10 Å². The van der Waals surface area contributed by atoms with Crippen LogP contribution in [-0.2, 0) is 17.7 Å². The molecule has 1 aromatic heterocycles. The summed E-state index contributed by atoms with van der Waals surface area (Å²) in [5, 5.41) is 8.19. The Balaban J connectivity index is 2.63. The number of nitrogens with two attached hydrogens (primary N) is 2. The van der Waals surface area contributed by atoms with Crippen molar-refractivity contribution in [1.29, 1.82) is 0 Å². The van der Waals surface area contributed by atoms with E-state index in [1.54, 1.807) is 0 Å². The molecule has 0 amide bonds. The maximum atomic E-state index is 6.05. The number of aryl methyl sites for hydroxylation is 1. The van der Waals surface area contributed by atoms with Gasteiger partial charge in [0.15, 0.2) is 0 Å². The van der Waals surface area contributed by atoms with Crippen molar-refractivity contribution in [1.82, 2.24) is 15.0 Å². The fourth-order valence-corrected chi connectivity index (χ4v) is 2.32. The second-order valence-corrected chi connectivity index (χ2v) is 5.71. The van der Waals surface area contributed by atoms with Crippen molar-refractivity contribution < 1.29 is 4.74 Å². The summed E-state index contributed by atoms with van der Waals surface area (Å²) >= 11 is 0. The van der Waals surface area contributed by atoms with Crippen molar-refractivity contribution in [2.45, 2.75) is 52.8 Å². The van der Waals surface area contributed by atoms with Crippen LogP contribution in [0.3, 0.4) is 0 Å². The van der Waals surface area contributed by atoms with Crippen LogP contribution in [0, 0.1) is 5.41 Å². The molecule has 1 heterocycles. The first-order valence-corrected chi connectivity index (χ1v) is 6.30. The van der Waals surface area contributed by atoms with Crippen LogP contribution in [0.2, 0.25) is 0 Å². The molecular weight excluding hydrogens is 230 g/mol. The Morgan fingerprint density at radius 1 is 1.39 bits per heavy atom. The first kappa shape index (κ1) is 15.1. The van der Waals surface area contributed by atoms with E-state index in [1.165, 1.54) is 0 Å². The van der Waals surface area contributed by atoms with Crippen LogP contribution in [0.15, 0.2) is 6.20 Å². The van der Waals surface area contributed by atoms with Crippen molar-refractivity contribution in [3.8, 4) is 0 Å². The Labute approximate surface area is 109 Å². The number of ether oxygens (including phenoxy) is 1. The minimum atomic E-state index is -0.709. The summed E-state index contributed by atoms with van der Waals surface area (Å²) in [6, 6.07) is 0. The molecule has 6 heteroatoms. The topological polar surface area (TPSA) is 92.0 Å². The van der Waals surface area contributed by atoms with Crippen LogP contribution in [-0.4, -0.2) is 27.4 Å². The lowest BCUT2D eigenvalue weighted by atomic mass is 9.81. The fraction of sp³-hybridized carbons (Fsp3) is 0.833. The Morgan fingerprint density at radius 3 is 2.56 bits per heavy atom. The van der Waals surface area contributed by atoms with E-state index in [1.807, 2.05) is 24.7 Å². The van der Waals surface area contributed by atoms with E-state index < -0.39 is 5.72 Å². The second kappa shape index (κ2) is 5.77. The molecule has 0 fully saturated rings. The van der Waals surface area contributed by atoms with E-state index >= 15 is 0 Å². The Kier molecular flexibility index (Phi) is 4.84. The predicted octanol–water partition coefficient (Wildman–Crippen LogP) is 0.865. The first-order valence-electron chi connectivity index (χ1n) is 6.30. The molecule has 0 spiro atoms. The van der Waals surface area contributed by atoms with E-state index in [0.29, 0.717) is 6.42 Å². The summed E-state index contributed by atoms with van der Waals surface area (Å²) in [6.07, 6.45) is 3.49. The molecule has 1 unspecified atom stereocenters. The van der Waals surface area contributed by atoms with Gasteiger partial charge in [-0.05, 0) is 32.1 Å². The highest BCUT2D eigenvalue weighted by Gasteiger charge is 2.30. The summed E-state index contributed by atoms with van der Waals surface area (Å²) in [5.74, 6) is 0. The van der Waals surface area contributed by atoms with Gasteiger partial charge in [-0.25, -0.2) is 0 Å². The van der Waals surface area contributed by atoms with E-state index in [-0.39, 0.29) is 12.1 Å². The van der Waals surface area contributed by atoms with Crippen LogP contribution in [0.1, 0.15) is 39.8 Å². The van der Waals surface area contributed by atoms with Gasteiger partial charge in [-0.2, -0.15) is 0 Å². The molecule has 0 saturated heterocycles. The van der Waals surface area contributed by atoms with Gasteiger partial charge in [0.25, 0.3) is 0 Å². The molecule has 6 nitrogen and oxygen atoms in total. The van der Waals surface area contributed by atoms with Crippen LogP contribution in [0.4, 0.5) is 0 Å². The maximum absolute atomic E-state index is 6.05. The molecule has 1 atom stereocenters. The normalized spacial score (nSPS) is 15.7. The highest BCUT2D eigenvalue weighted by atomic mass is 16.5. The summed E-state index contributed by atoms with van der Waals surface area (Å²) in [4.78, 5) is 0.